The van der Waals surface area contributed by atoms with Gasteiger partial charge in [-0.05, 0) is 63.6 Å². The number of aromatic carboxylic acids is 1. The topological polar surface area (TPSA) is 95.7 Å². The van der Waals surface area contributed by atoms with Gasteiger partial charge in [-0.3, -0.25) is 0 Å². The van der Waals surface area contributed by atoms with Gasteiger partial charge in [-0.1, -0.05) is 29.3 Å². The lowest BCUT2D eigenvalue weighted by Crippen LogP contribution is -2.24. The molecular weight excluding hydrogens is 416 g/mol. The third kappa shape index (κ3) is 4.95. The molecule has 0 atom stereocenters. The maximum atomic E-state index is 12.1. The van der Waals surface area contributed by atoms with E-state index in [4.69, 9.17) is 11.6 Å². The number of rotatable bonds is 5. The SMILES string of the molecule is Cc1ccc(NC(=O)N/N=C/c2cc(C)n(-c3ccc(Cl)c(C(=O)O)c3)c2C)c(C)c1. The standard InChI is InChI=1S/C23H23ClN4O3/c1-13-5-8-21(14(2)9-13)26-23(31)27-25-12-17-10-15(3)28(16(17)4)18-6-7-20(24)19(11-18)22(29)30/h5-12H,1-4H3,(H,29,30)(H2,26,27,31)/b25-12+. The third-order valence-corrected chi connectivity index (χ3v) is 5.24. The van der Waals surface area contributed by atoms with Crippen LogP contribution in [0.15, 0.2) is 47.6 Å². The second-order valence-corrected chi connectivity index (χ2v) is 7.68. The Labute approximate surface area is 185 Å². The van der Waals surface area contributed by atoms with E-state index in [2.05, 4.69) is 15.8 Å². The van der Waals surface area contributed by atoms with Crippen LogP contribution in [0.4, 0.5) is 10.5 Å². The van der Waals surface area contributed by atoms with E-state index in [-0.39, 0.29) is 10.6 Å². The Bertz CT molecular complexity index is 1200. The Balaban J connectivity index is 1.76. The number of urea groups is 1. The Morgan fingerprint density at radius 3 is 2.48 bits per heavy atom. The lowest BCUT2D eigenvalue weighted by molar-refractivity contribution is 0.0697. The van der Waals surface area contributed by atoms with Crippen molar-refractivity contribution in [3.8, 4) is 5.69 Å². The molecule has 0 saturated carbocycles. The van der Waals surface area contributed by atoms with Gasteiger partial charge in [0.2, 0.25) is 0 Å². The average molecular weight is 439 g/mol. The Kier molecular flexibility index (Phi) is 6.46. The molecule has 0 spiro atoms. The summed E-state index contributed by atoms with van der Waals surface area (Å²) in [5.41, 5.74) is 8.49. The Morgan fingerprint density at radius 1 is 1.06 bits per heavy atom. The number of halogens is 1. The van der Waals surface area contributed by atoms with Gasteiger partial charge in [-0.2, -0.15) is 5.10 Å². The fraction of sp³-hybridized carbons (Fsp3) is 0.174. The van der Waals surface area contributed by atoms with E-state index in [1.807, 2.05) is 56.5 Å². The summed E-state index contributed by atoms with van der Waals surface area (Å²) in [4.78, 5) is 23.5. The van der Waals surface area contributed by atoms with Crippen LogP contribution in [-0.2, 0) is 0 Å². The van der Waals surface area contributed by atoms with Crippen molar-refractivity contribution >= 4 is 35.5 Å². The van der Waals surface area contributed by atoms with Gasteiger partial charge in [-0.15, -0.1) is 0 Å². The Morgan fingerprint density at radius 2 is 1.81 bits per heavy atom. The first-order chi connectivity index (χ1) is 14.7. The molecule has 0 saturated heterocycles. The molecule has 0 bridgehead atoms. The van der Waals surface area contributed by atoms with Crippen LogP contribution in [0.3, 0.4) is 0 Å². The molecule has 2 aromatic carbocycles. The van der Waals surface area contributed by atoms with Crippen molar-refractivity contribution in [1.82, 2.24) is 9.99 Å². The molecule has 3 aromatic rings. The zero-order valence-corrected chi connectivity index (χ0v) is 18.4. The number of carboxylic acid groups (broad SMARTS) is 1. The van der Waals surface area contributed by atoms with Crippen LogP contribution in [0.1, 0.15) is 38.4 Å². The van der Waals surface area contributed by atoms with Crippen LogP contribution >= 0.6 is 11.6 Å². The summed E-state index contributed by atoms with van der Waals surface area (Å²) in [6.07, 6.45) is 1.55. The van der Waals surface area contributed by atoms with E-state index in [0.29, 0.717) is 11.4 Å². The first kappa shape index (κ1) is 22.1. The molecule has 3 rings (SSSR count). The first-order valence-corrected chi connectivity index (χ1v) is 9.94. The summed E-state index contributed by atoms with van der Waals surface area (Å²) in [6.45, 7) is 7.70. The van der Waals surface area contributed by atoms with E-state index in [1.165, 1.54) is 6.07 Å². The molecule has 160 valence electrons. The fourth-order valence-corrected chi connectivity index (χ4v) is 3.59. The first-order valence-electron chi connectivity index (χ1n) is 9.57. The number of nitrogens with zero attached hydrogens (tertiary/aromatic N) is 2. The lowest BCUT2D eigenvalue weighted by Gasteiger charge is -2.11. The van der Waals surface area contributed by atoms with Gasteiger partial charge in [0, 0.05) is 28.3 Å². The number of carbonyl (C=O) groups is 2. The number of benzene rings is 2. The van der Waals surface area contributed by atoms with Crippen molar-refractivity contribution in [2.45, 2.75) is 27.7 Å². The van der Waals surface area contributed by atoms with Crippen LogP contribution in [-0.4, -0.2) is 27.9 Å². The largest absolute Gasteiger partial charge is 0.478 e. The van der Waals surface area contributed by atoms with E-state index < -0.39 is 12.0 Å². The van der Waals surface area contributed by atoms with Gasteiger partial charge in [0.15, 0.2) is 0 Å². The van der Waals surface area contributed by atoms with Crippen LogP contribution in [0.2, 0.25) is 5.02 Å². The number of aryl methyl sites for hydroxylation is 3. The highest BCUT2D eigenvalue weighted by atomic mass is 35.5. The van der Waals surface area contributed by atoms with Crippen molar-refractivity contribution in [3.63, 3.8) is 0 Å². The smallest absolute Gasteiger partial charge is 0.339 e. The number of carboxylic acids is 1. The van der Waals surface area contributed by atoms with Gasteiger partial charge in [0.05, 0.1) is 16.8 Å². The molecular formula is C23H23ClN4O3. The predicted molar refractivity (Wildman–Crippen MR) is 123 cm³/mol. The molecule has 0 aliphatic heterocycles. The monoisotopic (exact) mass is 438 g/mol. The number of aromatic nitrogens is 1. The van der Waals surface area contributed by atoms with Crippen LogP contribution < -0.4 is 10.7 Å². The van der Waals surface area contributed by atoms with Gasteiger partial charge < -0.3 is 15.0 Å². The van der Waals surface area contributed by atoms with E-state index in [1.54, 1.807) is 18.3 Å². The van der Waals surface area contributed by atoms with E-state index in [0.717, 1.165) is 28.1 Å². The van der Waals surface area contributed by atoms with Crippen LogP contribution in [0.5, 0.6) is 0 Å². The Hall–Kier alpha value is -3.58. The minimum absolute atomic E-state index is 0.0339. The number of amides is 2. The maximum Gasteiger partial charge on any atom is 0.339 e. The molecule has 0 unspecified atom stereocenters. The van der Waals surface area contributed by atoms with Crippen molar-refractivity contribution in [1.29, 1.82) is 0 Å². The summed E-state index contributed by atoms with van der Waals surface area (Å²) in [5, 5.41) is 16.3. The number of carbonyl (C=O) groups excluding carboxylic acids is 1. The zero-order valence-electron chi connectivity index (χ0n) is 17.7. The van der Waals surface area contributed by atoms with Gasteiger partial charge >= 0.3 is 12.0 Å². The van der Waals surface area contributed by atoms with Crippen molar-refractivity contribution in [2.24, 2.45) is 5.10 Å². The van der Waals surface area contributed by atoms with Crippen molar-refractivity contribution in [2.75, 3.05) is 5.32 Å². The minimum Gasteiger partial charge on any atom is -0.478 e. The third-order valence-electron chi connectivity index (χ3n) is 4.91. The maximum absolute atomic E-state index is 12.1. The molecule has 7 nitrogen and oxygen atoms in total. The van der Waals surface area contributed by atoms with Crippen LogP contribution in [0.25, 0.3) is 5.69 Å². The summed E-state index contributed by atoms with van der Waals surface area (Å²) in [6, 6.07) is 12.1. The summed E-state index contributed by atoms with van der Waals surface area (Å²) in [5.74, 6) is -1.09. The van der Waals surface area contributed by atoms with Gasteiger partial charge in [-0.25, -0.2) is 15.0 Å². The number of nitrogens with one attached hydrogen (secondary N) is 2. The fourth-order valence-electron chi connectivity index (χ4n) is 3.40. The number of hydrogen-bond acceptors (Lipinski definition) is 3. The quantitative estimate of drug-likeness (QED) is 0.376. The second kappa shape index (κ2) is 9.06. The normalized spacial score (nSPS) is 11.0. The highest BCUT2D eigenvalue weighted by Crippen LogP contribution is 2.24. The number of hydrogen-bond donors (Lipinski definition) is 3. The molecule has 0 fully saturated rings. The molecule has 2 amide bonds. The summed E-state index contributed by atoms with van der Waals surface area (Å²) in [7, 11) is 0. The van der Waals surface area contributed by atoms with Crippen molar-refractivity contribution < 1.29 is 14.7 Å². The number of anilines is 1. The van der Waals surface area contributed by atoms with Crippen LogP contribution in [0, 0.1) is 27.7 Å². The van der Waals surface area contributed by atoms with E-state index in [9.17, 15) is 14.7 Å². The lowest BCUT2D eigenvalue weighted by atomic mass is 10.1. The second-order valence-electron chi connectivity index (χ2n) is 7.27. The molecule has 0 aliphatic carbocycles. The molecule has 0 radical (unpaired) electrons. The summed E-state index contributed by atoms with van der Waals surface area (Å²) >= 11 is 5.98. The average Bonchev–Trinajstić information content (AvgIpc) is 2.98. The summed E-state index contributed by atoms with van der Waals surface area (Å²) < 4.78 is 1.90. The molecule has 3 N–H and O–H groups in total. The van der Waals surface area contributed by atoms with Gasteiger partial charge in [0.1, 0.15) is 0 Å². The van der Waals surface area contributed by atoms with E-state index >= 15 is 0 Å². The molecule has 0 aliphatic rings. The zero-order chi connectivity index (χ0) is 22.7. The van der Waals surface area contributed by atoms with Crippen molar-refractivity contribution in [3.05, 3.63) is 81.1 Å². The molecule has 1 aromatic heterocycles. The minimum atomic E-state index is -1.09. The molecule has 31 heavy (non-hydrogen) atoms. The van der Waals surface area contributed by atoms with Gasteiger partial charge in [0.25, 0.3) is 0 Å². The predicted octanol–water partition coefficient (Wildman–Crippen LogP) is 5.22. The number of hydrazone groups is 1. The molecule has 8 heteroatoms. The highest BCUT2D eigenvalue weighted by molar-refractivity contribution is 6.33. The molecule has 1 heterocycles. The highest BCUT2D eigenvalue weighted by Gasteiger charge is 2.14.